The van der Waals surface area contributed by atoms with Crippen LogP contribution in [0.2, 0.25) is 0 Å². The van der Waals surface area contributed by atoms with Gasteiger partial charge in [-0.25, -0.2) is 4.39 Å². The largest absolute Gasteiger partial charge is 0.508 e. The van der Waals surface area contributed by atoms with E-state index in [2.05, 4.69) is 5.32 Å². The normalized spacial score (nSPS) is 13.7. The summed E-state index contributed by atoms with van der Waals surface area (Å²) >= 11 is 1.48. The van der Waals surface area contributed by atoms with Crippen molar-refractivity contribution in [1.29, 1.82) is 0 Å². The van der Waals surface area contributed by atoms with Gasteiger partial charge in [0, 0.05) is 42.3 Å². The van der Waals surface area contributed by atoms with E-state index in [9.17, 15) is 14.3 Å². The number of morpholine rings is 1. The Balaban J connectivity index is 1.15. The van der Waals surface area contributed by atoms with Crippen molar-refractivity contribution >= 4 is 27.3 Å². The summed E-state index contributed by atoms with van der Waals surface area (Å²) in [5.41, 5.74) is 0.833. The maximum atomic E-state index is 13.5. The molecule has 0 unspecified atom stereocenters. The molecule has 4 aromatic rings. The molecule has 2 N–H and O–H groups in total. The molecule has 0 aliphatic carbocycles. The molecule has 5 rings (SSSR count). The zero-order chi connectivity index (χ0) is 27.0. The number of aromatic hydroxyl groups is 1. The molecule has 1 amide bonds. The second-order valence-corrected chi connectivity index (χ2v) is 9.97. The molecule has 202 valence electrons. The minimum atomic E-state index is -0.305. The molecule has 1 aliphatic heterocycles. The number of benzene rings is 3. The number of phenols is 1. The summed E-state index contributed by atoms with van der Waals surface area (Å²) in [6, 6.07) is 18.8. The number of carbonyl (C=O) groups is 1. The molecule has 2 heterocycles. The zero-order valence-corrected chi connectivity index (χ0v) is 22.1. The van der Waals surface area contributed by atoms with Gasteiger partial charge in [0.05, 0.1) is 18.1 Å². The van der Waals surface area contributed by atoms with Crippen molar-refractivity contribution in [3.63, 3.8) is 0 Å². The van der Waals surface area contributed by atoms with E-state index in [1.54, 1.807) is 35.2 Å². The minimum Gasteiger partial charge on any atom is -0.508 e. The zero-order valence-electron chi connectivity index (χ0n) is 21.3. The van der Waals surface area contributed by atoms with Gasteiger partial charge in [-0.1, -0.05) is 18.2 Å². The van der Waals surface area contributed by atoms with Crippen molar-refractivity contribution in [3.05, 3.63) is 84.7 Å². The van der Waals surface area contributed by atoms with Gasteiger partial charge in [0.15, 0.2) is 5.75 Å². The number of amides is 1. The van der Waals surface area contributed by atoms with Gasteiger partial charge in [-0.15, -0.1) is 11.3 Å². The highest BCUT2D eigenvalue weighted by Gasteiger charge is 2.17. The standard InChI is InChI=1S/C30H29FN2O5S/c31-22-5-3-21(4-6-22)30-29(26-12-7-23(34)20-27(26)39-30)38-25-10-8-24(9-11-25)37-17-14-32-13-1-2-28(35)33-15-18-36-19-16-33/h1-12,20,32,34H,13-19H2/b2-1+. The van der Waals surface area contributed by atoms with Crippen LogP contribution in [0.3, 0.4) is 0 Å². The fraction of sp³-hybridized carbons (Fsp3) is 0.233. The Morgan fingerprint density at radius 3 is 2.56 bits per heavy atom. The van der Waals surface area contributed by atoms with Crippen LogP contribution in [0.1, 0.15) is 0 Å². The number of hydrogen-bond acceptors (Lipinski definition) is 7. The Hall–Kier alpha value is -3.92. The lowest BCUT2D eigenvalue weighted by molar-refractivity contribution is -0.129. The van der Waals surface area contributed by atoms with Crippen LogP contribution in [-0.4, -0.2) is 61.9 Å². The van der Waals surface area contributed by atoms with E-state index in [0.29, 0.717) is 63.2 Å². The van der Waals surface area contributed by atoms with Crippen LogP contribution >= 0.6 is 11.3 Å². The molecule has 1 aromatic heterocycles. The van der Waals surface area contributed by atoms with Crippen LogP contribution < -0.4 is 14.8 Å². The van der Waals surface area contributed by atoms with Gasteiger partial charge in [0.2, 0.25) is 5.91 Å². The summed E-state index contributed by atoms with van der Waals surface area (Å²) in [5.74, 6) is 1.87. The molecule has 1 aliphatic rings. The molecule has 0 saturated carbocycles. The van der Waals surface area contributed by atoms with Crippen LogP contribution in [0.15, 0.2) is 78.9 Å². The highest BCUT2D eigenvalue weighted by atomic mass is 32.1. The summed E-state index contributed by atoms with van der Waals surface area (Å²) in [6.45, 7) is 4.14. The van der Waals surface area contributed by atoms with Gasteiger partial charge in [0.25, 0.3) is 0 Å². The van der Waals surface area contributed by atoms with Crippen molar-refractivity contribution in [2.75, 3.05) is 46.0 Å². The number of phenolic OH excluding ortho intramolecular Hbond substituents is 1. The van der Waals surface area contributed by atoms with Crippen molar-refractivity contribution in [2.24, 2.45) is 0 Å². The monoisotopic (exact) mass is 548 g/mol. The average molecular weight is 549 g/mol. The summed E-state index contributed by atoms with van der Waals surface area (Å²) < 4.78 is 31.8. The summed E-state index contributed by atoms with van der Waals surface area (Å²) in [4.78, 5) is 14.7. The van der Waals surface area contributed by atoms with Gasteiger partial charge >= 0.3 is 0 Å². The van der Waals surface area contributed by atoms with Gasteiger partial charge in [0.1, 0.15) is 29.7 Å². The molecule has 0 spiro atoms. The first-order chi connectivity index (χ1) is 19.1. The molecular formula is C30H29FN2O5S. The van der Waals surface area contributed by atoms with Crippen molar-refractivity contribution < 1.29 is 28.5 Å². The fourth-order valence-corrected chi connectivity index (χ4v) is 5.32. The Morgan fingerprint density at radius 2 is 1.79 bits per heavy atom. The lowest BCUT2D eigenvalue weighted by Gasteiger charge is -2.25. The smallest absolute Gasteiger partial charge is 0.246 e. The topological polar surface area (TPSA) is 80.3 Å². The van der Waals surface area contributed by atoms with E-state index >= 15 is 0 Å². The van der Waals surface area contributed by atoms with Crippen LogP contribution in [0, 0.1) is 5.82 Å². The van der Waals surface area contributed by atoms with E-state index < -0.39 is 0 Å². The number of nitrogens with one attached hydrogen (secondary N) is 1. The molecule has 39 heavy (non-hydrogen) atoms. The van der Waals surface area contributed by atoms with Crippen molar-refractivity contribution in [1.82, 2.24) is 10.2 Å². The Morgan fingerprint density at radius 1 is 1.05 bits per heavy atom. The van der Waals surface area contributed by atoms with Crippen LogP contribution in [-0.2, 0) is 9.53 Å². The minimum absolute atomic E-state index is 0.0111. The van der Waals surface area contributed by atoms with Gasteiger partial charge < -0.3 is 29.5 Å². The molecule has 3 aromatic carbocycles. The Kier molecular flexibility index (Phi) is 8.72. The maximum absolute atomic E-state index is 13.5. The highest BCUT2D eigenvalue weighted by molar-refractivity contribution is 7.22. The first-order valence-corrected chi connectivity index (χ1v) is 13.5. The van der Waals surface area contributed by atoms with E-state index in [1.165, 1.54) is 23.5 Å². The number of fused-ring (bicyclic) bond motifs is 1. The fourth-order valence-electron chi connectivity index (χ4n) is 4.15. The lowest BCUT2D eigenvalue weighted by atomic mass is 10.1. The first kappa shape index (κ1) is 26.7. The number of rotatable bonds is 10. The van der Waals surface area contributed by atoms with Crippen LogP contribution in [0.5, 0.6) is 23.0 Å². The third-order valence-corrected chi connectivity index (χ3v) is 7.35. The Labute approximate surface area is 230 Å². The second-order valence-electron chi connectivity index (χ2n) is 8.91. The third-order valence-electron chi connectivity index (χ3n) is 6.17. The van der Waals surface area contributed by atoms with Crippen LogP contribution in [0.25, 0.3) is 20.5 Å². The molecule has 1 saturated heterocycles. The predicted octanol–water partition coefficient (Wildman–Crippen LogP) is 5.59. The number of ether oxygens (including phenoxy) is 3. The number of halogens is 1. The predicted molar refractivity (Wildman–Crippen MR) is 150 cm³/mol. The van der Waals surface area contributed by atoms with E-state index in [1.807, 2.05) is 36.4 Å². The summed E-state index contributed by atoms with van der Waals surface area (Å²) in [6.07, 6.45) is 3.42. The summed E-state index contributed by atoms with van der Waals surface area (Å²) in [5, 5.41) is 14.0. The molecule has 9 heteroatoms. The van der Waals surface area contributed by atoms with Gasteiger partial charge in [-0.05, 0) is 60.2 Å². The van der Waals surface area contributed by atoms with Gasteiger partial charge in [-0.2, -0.15) is 0 Å². The maximum Gasteiger partial charge on any atom is 0.246 e. The van der Waals surface area contributed by atoms with Gasteiger partial charge in [-0.3, -0.25) is 4.79 Å². The number of thiophene rings is 1. The first-order valence-electron chi connectivity index (χ1n) is 12.7. The highest BCUT2D eigenvalue weighted by Crippen LogP contribution is 2.47. The molecule has 0 bridgehead atoms. The third kappa shape index (κ3) is 6.94. The van der Waals surface area contributed by atoms with Crippen LogP contribution in [0.4, 0.5) is 4.39 Å². The second kappa shape index (κ2) is 12.8. The SMILES string of the molecule is O=C(/C=C/CNCCOc1ccc(Oc2c(-c3ccc(F)cc3)sc3cc(O)ccc23)cc1)N1CCOCC1. The lowest BCUT2D eigenvalue weighted by Crippen LogP contribution is -2.39. The average Bonchev–Trinajstić information content (AvgIpc) is 3.31. The molecule has 7 nitrogen and oxygen atoms in total. The Bertz CT molecular complexity index is 1430. The summed E-state index contributed by atoms with van der Waals surface area (Å²) in [7, 11) is 0. The van der Waals surface area contributed by atoms with E-state index in [4.69, 9.17) is 14.2 Å². The quantitative estimate of drug-likeness (QED) is 0.199. The molecule has 1 fully saturated rings. The van der Waals surface area contributed by atoms with Crippen molar-refractivity contribution in [2.45, 2.75) is 0 Å². The van der Waals surface area contributed by atoms with Crippen molar-refractivity contribution in [3.8, 4) is 33.4 Å². The molecule has 0 radical (unpaired) electrons. The van der Waals surface area contributed by atoms with E-state index in [-0.39, 0.29) is 17.5 Å². The van der Waals surface area contributed by atoms with E-state index in [0.717, 1.165) is 20.5 Å². The molecular weight excluding hydrogens is 519 g/mol. The number of hydrogen-bond donors (Lipinski definition) is 2. The number of nitrogens with zero attached hydrogens (tertiary/aromatic N) is 1. The number of carbonyl (C=O) groups excluding carboxylic acids is 1. The molecule has 0 atom stereocenters.